The van der Waals surface area contributed by atoms with Gasteiger partial charge in [-0.1, -0.05) is 18.3 Å². The van der Waals surface area contributed by atoms with Crippen molar-refractivity contribution in [2.75, 3.05) is 31.7 Å². The second-order valence-electron chi connectivity index (χ2n) is 4.33. The molecule has 1 aliphatic heterocycles. The van der Waals surface area contributed by atoms with Crippen LogP contribution in [0.1, 0.15) is 28.7 Å². The van der Waals surface area contributed by atoms with Gasteiger partial charge >= 0.3 is 0 Å². The van der Waals surface area contributed by atoms with Crippen LogP contribution in [-0.2, 0) is 11.2 Å². The topological polar surface area (TPSA) is 42.4 Å². The van der Waals surface area contributed by atoms with Gasteiger partial charge in [-0.2, -0.15) is 0 Å². The fraction of sp³-hybridized carbons (Fsp3) is 0.667. The lowest BCUT2D eigenvalue weighted by Crippen LogP contribution is -2.20. The van der Waals surface area contributed by atoms with Crippen LogP contribution in [0.15, 0.2) is 0 Å². The highest BCUT2D eigenvalue weighted by Gasteiger charge is 2.25. The summed E-state index contributed by atoms with van der Waals surface area (Å²) in [4.78, 5) is 18.5. The van der Waals surface area contributed by atoms with Gasteiger partial charge in [-0.05, 0) is 12.8 Å². The molecular formula is C12H18N2O2S. The zero-order valence-electron chi connectivity index (χ0n) is 10.3. The monoisotopic (exact) mass is 254 g/mol. The number of carbonyl (C=O) groups is 1. The SMILES string of the molecule is CCc1nc(N2CCC(COC)C2)sc1C=O. The molecule has 0 spiro atoms. The largest absolute Gasteiger partial charge is 0.384 e. The maximum Gasteiger partial charge on any atom is 0.186 e. The number of aldehydes is 1. The number of carbonyl (C=O) groups excluding carboxylic acids is 1. The van der Waals surface area contributed by atoms with Gasteiger partial charge in [-0.15, -0.1) is 0 Å². The van der Waals surface area contributed by atoms with Crippen molar-refractivity contribution in [1.29, 1.82) is 0 Å². The normalized spacial score (nSPS) is 19.9. The summed E-state index contributed by atoms with van der Waals surface area (Å²) in [5, 5.41) is 0.988. The molecule has 2 heterocycles. The summed E-state index contributed by atoms with van der Waals surface area (Å²) < 4.78 is 5.18. The van der Waals surface area contributed by atoms with Crippen LogP contribution in [0.2, 0.25) is 0 Å². The average molecular weight is 254 g/mol. The van der Waals surface area contributed by atoms with E-state index < -0.39 is 0 Å². The molecule has 0 saturated carbocycles. The molecule has 1 unspecified atom stereocenters. The number of aromatic nitrogens is 1. The van der Waals surface area contributed by atoms with Gasteiger partial charge < -0.3 is 9.64 Å². The highest BCUT2D eigenvalue weighted by Crippen LogP contribution is 2.30. The molecule has 0 aliphatic carbocycles. The number of rotatable bonds is 5. The number of hydrogen-bond donors (Lipinski definition) is 0. The number of ether oxygens (including phenoxy) is 1. The number of thiazole rings is 1. The second-order valence-corrected chi connectivity index (χ2v) is 5.34. The predicted octanol–water partition coefficient (Wildman–Crippen LogP) is 1.99. The second kappa shape index (κ2) is 5.60. The number of nitrogens with zero attached hydrogens (tertiary/aromatic N) is 2. The molecule has 4 nitrogen and oxygen atoms in total. The third-order valence-electron chi connectivity index (χ3n) is 3.12. The van der Waals surface area contributed by atoms with Gasteiger partial charge in [0.2, 0.25) is 0 Å². The van der Waals surface area contributed by atoms with Crippen LogP contribution >= 0.6 is 11.3 Å². The summed E-state index contributed by atoms with van der Waals surface area (Å²) in [5.41, 5.74) is 0.926. The minimum atomic E-state index is 0.591. The average Bonchev–Trinajstić information content (AvgIpc) is 2.94. The Hall–Kier alpha value is -0.940. The van der Waals surface area contributed by atoms with Crippen LogP contribution in [0.5, 0.6) is 0 Å². The van der Waals surface area contributed by atoms with Gasteiger partial charge in [0.15, 0.2) is 11.4 Å². The Morgan fingerprint density at radius 3 is 3.06 bits per heavy atom. The molecule has 1 saturated heterocycles. The van der Waals surface area contributed by atoms with E-state index in [1.165, 1.54) is 11.3 Å². The molecule has 1 atom stereocenters. The van der Waals surface area contributed by atoms with E-state index in [9.17, 15) is 4.79 Å². The first kappa shape index (κ1) is 12.5. The Morgan fingerprint density at radius 2 is 2.47 bits per heavy atom. The van der Waals surface area contributed by atoms with Gasteiger partial charge in [0.25, 0.3) is 0 Å². The smallest absolute Gasteiger partial charge is 0.186 e. The Labute approximate surface area is 106 Å². The van der Waals surface area contributed by atoms with Crippen molar-refractivity contribution in [1.82, 2.24) is 4.98 Å². The number of aryl methyl sites for hydroxylation is 1. The van der Waals surface area contributed by atoms with Crippen LogP contribution in [-0.4, -0.2) is 38.1 Å². The molecule has 1 aromatic heterocycles. The van der Waals surface area contributed by atoms with Gasteiger partial charge in [-0.3, -0.25) is 4.79 Å². The lowest BCUT2D eigenvalue weighted by Gasteiger charge is -2.14. The fourth-order valence-corrected chi connectivity index (χ4v) is 3.21. The third kappa shape index (κ3) is 2.66. The van der Waals surface area contributed by atoms with Gasteiger partial charge in [0.1, 0.15) is 0 Å². The van der Waals surface area contributed by atoms with E-state index in [1.807, 2.05) is 6.92 Å². The molecule has 0 bridgehead atoms. The minimum Gasteiger partial charge on any atom is -0.384 e. The first-order chi connectivity index (χ1) is 8.28. The van der Waals surface area contributed by atoms with E-state index in [1.54, 1.807) is 7.11 Å². The summed E-state index contributed by atoms with van der Waals surface area (Å²) in [6, 6.07) is 0. The van der Waals surface area contributed by atoms with E-state index in [0.29, 0.717) is 5.92 Å². The molecule has 0 radical (unpaired) electrons. The van der Waals surface area contributed by atoms with Gasteiger partial charge in [-0.25, -0.2) is 4.98 Å². The Bertz CT molecular complexity index is 392. The van der Waals surface area contributed by atoms with E-state index in [2.05, 4.69) is 9.88 Å². The summed E-state index contributed by atoms with van der Waals surface area (Å²) in [6.45, 7) is 4.85. The molecule has 1 aromatic rings. The lowest BCUT2D eigenvalue weighted by molar-refractivity contribution is 0.112. The predicted molar refractivity (Wildman–Crippen MR) is 69.1 cm³/mol. The molecular weight excluding hydrogens is 236 g/mol. The Morgan fingerprint density at radius 1 is 1.65 bits per heavy atom. The Kier molecular flexibility index (Phi) is 4.12. The molecule has 2 rings (SSSR count). The van der Waals surface area contributed by atoms with Crippen molar-refractivity contribution in [2.45, 2.75) is 19.8 Å². The first-order valence-corrected chi connectivity index (χ1v) is 6.78. The highest BCUT2D eigenvalue weighted by molar-refractivity contribution is 7.17. The van der Waals surface area contributed by atoms with Gasteiger partial charge in [0.05, 0.1) is 17.2 Å². The highest BCUT2D eigenvalue weighted by atomic mass is 32.1. The molecule has 0 aromatic carbocycles. The maximum absolute atomic E-state index is 10.9. The number of hydrogen-bond acceptors (Lipinski definition) is 5. The first-order valence-electron chi connectivity index (χ1n) is 5.97. The van der Waals surface area contributed by atoms with Gasteiger partial charge in [0, 0.05) is 26.1 Å². The van der Waals surface area contributed by atoms with E-state index in [4.69, 9.17) is 4.74 Å². The molecule has 1 fully saturated rings. The van der Waals surface area contributed by atoms with E-state index in [0.717, 1.165) is 54.5 Å². The quantitative estimate of drug-likeness (QED) is 0.754. The van der Waals surface area contributed by atoms with Crippen molar-refractivity contribution in [3.05, 3.63) is 10.6 Å². The van der Waals surface area contributed by atoms with Crippen molar-refractivity contribution in [2.24, 2.45) is 5.92 Å². The summed E-state index contributed by atoms with van der Waals surface area (Å²) >= 11 is 1.51. The molecule has 0 N–H and O–H groups in total. The Balaban J connectivity index is 2.08. The van der Waals surface area contributed by atoms with Crippen LogP contribution < -0.4 is 4.90 Å². The molecule has 17 heavy (non-hydrogen) atoms. The van der Waals surface area contributed by atoms with Crippen LogP contribution in [0, 0.1) is 5.92 Å². The van der Waals surface area contributed by atoms with Crippen LogP contribution in [0.3, 0.4) is 0 Å². The molecule has 5 heteroatoms. The zero-order chi connectivity index (χ0) is 12.3. The summed E-state index contributed by atoms with van der Waals surface area (Å²) in [5.74, 6) is 0.591. The minimum absolute atomic E-state index is 0.591. The maximum atomic E-state index is 10.9. The van der Waals surface area contributed by atoms with Crippen molar-refractivity contribution < 1.29 is 9.53 Å². The molecule has 94 valence electrons. The number of anilines is 1. The standard InChI is InChI=1S/C12H18N2O2S/c1-3-10-11(7-15)17-12(13-10)14-5-4-9(6-14)8-16-2/h7,9H,3-6,8H2,1-2H3. The fourth-order valence-electron chi connectivity index (χ4n) is 2.21. The van der Waals surface area contributed by atoms with Crippen molar-refractivity contribution >= 4 is 22.8 Å². The van der Waals surface area contributed by atoms with Crippen molar-refractivity contribution in [3.63, 3.8) is 0 Å². The summed E-state index contributed by atoms with van der Waals surface area (Å²) in [7, 11) is 1.74. The molecule has 0 amide bonds. The van der Waals surface area contributed by atoms with E-state index in [-0.39, 0.29) is 0 Å². The lowest BCUT2D eigenvalue weighted by atomic mass is 10.1. The zero-order valence-corrected chi connectivity index (χ0v) is 11.1. The third-order valence-corrected chi connectivity index (χ3v) is 4.20. The van der Waals surface area contributed by atoms with Crippen LogP contribution in [0.4, 0.5) is 5.13 Å². The van der Waals surface area contributed by atoms with Crippen molar-refractivity contribution in [3.8, 4) is 0 Å². The van der Waals surface area contributed by atoms with E-state index >= 15 is 0 Å². The summed E-state index contributed by atoms with van der Waals surface area (Å²) in [6.07, 6.45) is 2.88. The van der Waals surface area contributed by atoms with Crippen LogP contribution in [0.25, 0.3) is 0 Å². The molecule has 1 aliphatic rings. The number of methoxy groups -OCH3 is 1.